The molecule has 5 heterocycles. The fraction of sp³-hybridized carbons (Fsp3) is 0.320. The number of fused-ring (bicyclic) bond motifs is 1. The number of pyridine rings is 3. The van der Waals surface area contributed by atoms with Crippen LogP contribution in [0, 0.1) is 0 Å². The van der Waals surface area contributed by atoms with Crippen LogP contribution >= 0.6 is 11.3 Å². The van der Waals surface area contributed by atoms with Crippen molar-refractivity contribution in [1.29, 1.82) is 0 Å². The van der Waals surface area contributed by atoms with E-state index >= 15 is 0 Å². The normalized spacial score (nSPS) is 14.5. The molecule has 0 bridgehead atoms. The van der Waals surface area contributed by atoms with Crippen LogP contribution in [0.1, 0.15) is 24.2 Å². The first kappa shape index (κ1) is 23.1. The molecule has 1 amide bonds. The Bertz CT molecular complexity index is 1330. The van der Waals surface area contributed by atoms with E-state index in [9.17, 15) is 4.79 Å². The van der Waals surface area contributed by atoms with Crippen LogP contribution in [0.25, 0.3) is 21.3 Å². The Hall–Kier alpha value is -3.63. The Morgan fingerprint density at radius 3 is 2.51 bits per heavy atom. The highest BCUT2D eigenvalue weighted by Gasteiger charge is 2.23. The van der Waals surface area contributed by atoms with Gasteiger partial charge in [0.05, 0.1) is 10.6 Å². The first-order valence-electron chi connectivity index (χ1n) is 11.7. The zero-order valence-electron chi connectivity index (χ0n) is 20.0. The second-order valence-corrected chi connectivity index (χ2v) is 9.74. The minimum Gasteiger partial charge on any atom is -0.365 e. The molecule has 1 aliphatic rings. The number of rotatable bonds is 6. The third-order valence-electron chi connectivity index (χ3n) is 6.20. The minimum absolute atomic E-state index is 0.217. The summed E-state index contributed by atoms with van der Waals surface area (Å²) in [5, 5.41) is 8.82. The summed E-state index contributed by atoms with van der Waals surface area (Å²) in [7, 11) is 1.85. The number of nitrogens with one attached hydrogen (secondary N) is 2. The number of piperazine rings is 1. The summed E-state index contributed by atoms with van der Waals surface area (Å²) in [5.74, 6) is 1.14. The van der Waals surface area contributed by atoms with Gasteiger partial charge in [-0.25, -0.2) is 9.97 Å². The molecule has 0 spiro atoms. The average Bonchev–Trinajstić information content (AvgIpc) is 3.38. The molecule has 1 aliphatic heterocycles. The van der Waals surface area contributed by atoms with Gasteiger partial charge in [0.15, 0.2) is 5.13 Å². The van der Waals surface area contributed by atoms with Gasteiger partial charge in [-0.15, -0.1) is 0 Å². The molecule has 180 valence electrons. The summed E-state index contributed by atoms with van der Waals surface area (Å²) in [6.45, 7) is 8.11. The zero-order chi connectivity index (χ0) is 24.4. The first-order valence-corrected chi connectivity index (χ1v) is 12.5. The Balaban J connectivity index is 1.53. The molecule has 1 fully saturated rings. The summed E-state index contributed by atoms with van der Waals surface area (Å²) in [6.07, 6.45) is 6.92. The van der Waals surface area contributed by atoms with Crippen LogP contribution in [0.3, 0.4) is 0 Å². The number of carbonyl (C=O) groups is 1. The van der Waals surface area contributed by atoms with Gasteiger partial charge in [0.2, 0.25) is 0 Å². The molecule has 0 unspecified atom stereocenters. The number of thiazole rings is 1. The lowest BCUT2D eigenvalue weighted by molar-refractivity contribution is 0.102. The number of nitrogens with zero attached hydrogens (tertiary/aromatic N) is 6. The van der Waals surface area contributed by atoms with E-state index in [2.05, 4.69) is 44.2 Å². The van der Waals surface area contributed by atoms with Crippen molar-refractivity contribution in [2.75, 3.05) is 48.8 Å². The summed E-state index contributed by atoms with van der Waals surface area (Å²) < 4.78 is 0. The third kappa shape index (κ3) is 4.94. The highest BCUT2D eigenvalue weighted by molar-refractivity contribution is 7.18. The standard InChI is InChI=1S/C25H28N8OS/c1-16(2)32-8-10-33(11-9-32)23-19-14-28-20(21-15-29-25(26-3)35-21)12-18(19)13-22(30-23)31-24(34)17-4-6-27-7-5-17/h4-7,12-16H,8-11H2,1-3H3,(H,26,29)(H,30,31,34). The quantitative estimate of drug-likeness (QED) is 0.421. The van der Waals surface area contributed by atoms with Gasteiger partial charge in [0, 0.05) is 75.0 Å². The van der Waals surface area contributed by atoms with E-state index in [-0.39, 0.29) is 5.91 Å². The van der Waals surface area contributed by atoms with Gasteiger partial charge in [-0.05, 0) is 43.5 Å². The van der Waals surface area contributed by atoms with Crippen LogP contribution in [-0.2, 0) is 0 Å². The lowest BCUT2D eigenvalue weighted by atomic mass is 10.1. The van der Waals surface area contributed by atoms with Crippen molar-refractivity contribution in [3.8, 4) is 10.6 Å². The summed E-state index contributed by atoms with van der Waals surface area (Å²) in [4.78, 5) is 36.6. The van der Waals surface area contributed by atoms with E-state index in [1.165, 1.54) is 0 Å². The van der Waals surface area contributed by atoms with Crippen molar-refractivity contribution < 1.29 is 4.79 Å². The molecular formula is C25H28N8OS. The third-order valence-corrected chi connectivity index (χ3v) is 7.23. The van der Waals surface area contributed by atoms with Gasteiger partial charge in [0.25, 0.3) is 5.91 Å². The van der Waals surface area contributed by atoms with Gasteiger partial charge in [0.1, 0.15) is 11.6 Å². The van der Waals surface area contributed by atoms with Crippen LogP contribution in [-0.4, -0.2) is 70.0 Å². The molecule has 9 nitrogen and oxygen atoms in total. The van der Waals surface area contributed by atoms with Gasteiger partial charge in [-0.3, -0.25) is 19.7 Å². The van der Waals surface area contributed by atoms with Crippen molar-refractivity contribution in [3.05, 3.63) is 54.6 Å². The van der Waals surface area contributed by atoms with E-state index in [0.29, 0.717) is 17.4 Å². The molecule has 35 heavy (non-hydrogen) atoms. The fourth-order valence-electron chi connectivity index (χ4n) is 4.22. The monoisotopic (exact) mass is 488 g/mol. The highest BCUT2D eigenvalue weighted by Crippen LogP contribution is 2.33. The zero-order valence-corrected chi connectivity index (χ0v) is 20.8. The van der Waals surface area contributed by atoms with Crippen molar-refractivity contribution in [3.63, 3.8) is 0 Å². The molecule has 4 aromatic heterocycles. The van der Waals surface area contributed by atoms with Crippen LogP contribution < -0.4 is 15.5 Å². The Labute approximate surface area is 208 Å². The molecule has 0 aliphatic carbocycles. The predicted molar refractivity (Wildman–Crippen MR) is 141 cm³/mol. The molecule has 0 saturated carbocycles. The number of anilines is 3. The van der Waals surface area contributed by atoms with Gasteiger partial charge < -0.3 is 15.5 Å². The maximum absolute atomic E-state index is 12.9. The molecule has 0 aromatic carbocycles. The fourth-order valence-corrected chi connectivity index (χ4v) is 4.96. The lowest BCUT2D eigenvalue weighted by Crippen LogP contribution is -2.49. The Morgan fingerprint density at radius 2 is 1.83 bits per heavy atom. The molecule has 2 N–H and O–H groups in total. The SMILES string of the molecule is CNc1ncc(-c2cc3cc(NC(=O)c4ccncc4)nc(N4CCN(C(C)C)CC4)c3cn2)s1. The number of hydrogen-bond donors (Lipinski definition) is 2. The Morgan fingerprint density at radius 1 is 1.06 bits per heavy atom. The largest absolute Gasteiger partial charge is 0.365 e. The topological polar surface area (TPSA) is 99.2 Å². The van der Waals surface area contributed by atoms with Gasteiger partial charge in [-0.2, -0.15) is 0 Å². The van der Waals surface area contributed by atoms with Gasteiger partial charge >= 0.3 is 0 Å². The molecule has 0 atom stereocenters. The maximum atomic E-state index is 12.9. The van der Waals surface area contributed by atoms with E-state index in [1.807, 2.05) is 31.6 Å². The van der Waals surface area contributed by atoms with Crippen LogP contribution in [0.4, 0.5) is 16.8 Å². The number of amides is 1. The Kier molecular flexibility index (Phi) is 6.56. The maximum Gasteiger partial charge on any atom is 0.256 e. The molecule has 10 heteroatoms. The molecule has 0 radical (unpaired) electrons. The molecule has 5 rings (SSSR count). The number of hydrogen-bond acceptors (Lipinski definition) is 9. The van der Waals surface area contributed by atoms with E-state index in [1.54, 1.807) is 35.9 Å². The van der Waals surface area contributed by atoms with Crippen molar-refractivity contribution in [2.45, 2.75) is 19.9 Å². The second kappa shape index (κ2) is 9.93. The molecular weight excluding hydrogens is 460 g/mol. The lowest BCUT2D eigenvalue weighted by Gasteiger charge is -2.38. The minimum atomic E-state index is -0.217. The smallest absolute Gasteiger partial charge is 0.256 e. The summed E-state index contributed by atoms with van der Waals surface area (Å²) in [6, 6.07) is 7.84. The van der Waals surface area contributed by atoms with E-state index < -0.39 is 0 Å². The van der Waals surface area contributed by atoms with Crippen LogP contribution in [0.15, 0.2) is 49.1 Å². The van der Waals surface area contributed by atoms with E-state index in [0.717, 1.165) is 58.5 Å². The second-order valence-electron chi connectivity index (χ2n) is 8.71. The average molecular weight is 489 g/mol. The van der Waals surface area contributed by atoms with Crippen molar-refractivity contribution in [2.24, 2.45) is 0 Å². The van der Waals surface area contributed by atoms with E-state index in [4.69, 9.17) is 9.97 Å². The number of carbonyl (C=O) groups excluding carboxylic acids is 1. The molecule has 1 saturated heterocycles. The van der Waals surface area contributed by atoms with Crippen LogP contribution in [0.2, 0.25) is 0 Å². The number of aromatic nitrogens is 4. The van der Waals surface area contributed by atoms with Crippen LogP contribution in [0.5, 0.6) is 0 Å². The van der Waals surface area contributed by atoms with Crippen molar-refractivity contribution >= 4 is 44.8 Å². The molecule has 4 aromatic rings. The first-order chi connectivity index (χ1) is 17.0. The summed E-state index contributed by atoms with van der Waals surface area (Å²) >= 11 is 1.55. The van der Waals surface area contributed by atoms with Gasteiger partial charge in [-0.1, -0.05) is 11.3 Å². The summed E-state index contributed by atoms with van der Waals surface area (Å²) in [5.41, 5.74) is 1.37. The van der Waals surface area contributed by atoms with Crippen molar-refractivity contribution in [1.82, 2.24) is 24.8 Å². The predicted octanol–water partition coefficient (Wildman–Crippen LogP) is 3.97. The highest BCUT2D eigenvalue weighted by atomic mass is 32.1.